The van der Waals surface area contributed by atoms with Crippen LogP contribution in [-0.2, 0) is 11.2 Å². The van der Waals surface area contributed by atoms with E-state index in [1.165, 1.54) is 19.1 Å². The van der Waals surface area contributed by atoms with Crippen LogP contribution in [0.3, 0.4) is 0 Å². The highest BCUT2D eigenvalue weighted by Gasteiger charge is 2.02. The van der Waals surface area contributed by atoms with Crippen molar-refractivity contribution in [3.8, 4) is 6.01 Å². The van der Waals surface area contributed by atoms with E-state index in [4.69, 9.17) is 4.74 Å². The van der Waals surface area contributed by atoms with Crippen LogP contribution in [0.15, 0.2) is 36.7 Å². The quantitative estimate of drug-likeness (QED) is 0.778. The van der Waals surface area contributed by atoms with Gasteiger partial charge in [-0.15, -0.1) is 0 Å². The molecule has 0 radical (unpaired) electrons. The molecule has 1 aromatic carbocycles. The SMILES string of the molecule is CC(=O)Oc1ncc(Cc2ccc(F)cc2)cn1. The summed E-state index contributed by atoms with van der Waals surface area (Å²) in [5, 5.41) is 0. The highest BCUT2D eigenvalue weighted by atomic mass is 19.1. The maximum atomic E-state index is 12.7. The van der Waals surface area contributed by atoms with Gasteiger partial charge in [0.2, 0.25) is 0 Å². The third-order valence-electron chi connectivity index (χ3n) is 2.24. The van der Waals surface area contributed by atoms with Gasteiger partial charge in [0.25, 0.3) is 0 Å². The van der Waals surface area contributed by atoms with Crippen LogP contribution in [0, 0.1) is 5.82 Å². The van der Waals surface area contributed by atoms with Crippen LogP contribution >= 0.6 is 0 Å². The molecule has 2 rings (SSSR count). The molecular weight excluding hydrogens is 235 g/mol. The normalized spacial score (nSPS) is 10.1. The van der Waals surface area contributed by atoms with E-state index in [1.54, 1.807) is 24.5 Å². The molecule has 0 fully saturated rings. The average Bonchev–Trinajstić information content (AvgIpc) is 2.34. The Morgan fingerprint density at radius 3 is 2.33 bits per heavy atom. The summed E-state index contributed by atoms with van der Waals surface area (Å²) in [5.74, 6) is -0.721. The average molecular weight is 246 g/mol. The number of hydrogen-bond donors (Lipinski definition) is 0. The van der Waals surface area contributed by atoms with Crippen molar-refractivity contribution in [1.29, 1.82) is 0 Å². The molecule has 5 heteroatoms. The number of benzene rings is 1. The molecule has 0 saturated heterocycles. The Kier molecular flexibility index (Phi) is 3.62. The Labute approximate surface area is 103 Å². The van der Waals surface area contributed by atoms with E-state index >= 15 is 0 Å². The first-order valence-corrected chi connectivity index (χ1v) is 5.37. The van der Waals surface area contributed by atoms with Gasteiger partial charge >= 0.3 is 12.0 Å². The molecule has 0 spiro atoms. The number of hydrogen-bond acceptors (Lipinski definition) is 4. The summed E-state index contributed by atoms with van der Waals surface area (Å²) in [6.07, 6.45) is 3.75. The van der Waals surface area contributed by atoms with E-state index in [2.05, 4.69) is 9.97 Å². The lowest BCUT2D eigenvalue weighted by atomic mass is 10.1. The topological polar surface area (TPSA) is 52.1 Å². The first-order valence-electron chi connectivity index (χ1n) is 5.37. The lowest BCUT2D eigenvalue weighted by molar-refractivity contribution is -0.132. The molecule has 0 unspecified atom stereocenters. The largest absolute Gasteiger partial charge is 0.391 e. The number of rotatable bonds is 3. The van der Waals surface area contributed by atoms with Crippen molar-refractivity contribution in [2.75, 3.05) is 0 Å². The van der Waals surface area contributed by atoms with Gasteiger partial charge in [0.05, 0.1) is 0 Å². The molecular formula is C13H11FN2O2. The minimum atomic E-state index is -0.457. The summed E-state index contributed by atoms with van der Waals surface area (Å²) in [7, 11) is 0. The second kappa shape index (κ2) is 5.35. The number of ether oxygens (including phenoxy) is 1. The minimum absolute atomic E-state index is 0.0327. The van der Waals surface area contributed by atoms with Crippen LogP contribution in [0.4, 0.5) is 4.39 Å². The van der Waals surface area contributed by atoms with Gasteiger partial charge in [0, 0.05) is 25.7 Å². The smallest absolute Gasteiger partial charge is 0.324 e. The van der Waals surface area contributed by atoms with Crippen molar-refractivity contribution >= 4 is 5.97 Å². The zero-order valence-electron chi connectivity index (χ0n) is 9.76. The van der Waals surface area contributed by atoms with Crippen LogP contribution in [-0.4, -0.2) is 15.9 Å². The van der Waals surface area contributed by atoms with Gasteiger partial charge in [-0.25, -0.2) is 14.4 Å². The van der Waals surface area contributed by atoms with Crippen LogP contribution in [0.5, 0.6) is 6.01 Å². The highest BCUT2D eigenvalue weighted by Crippen LogP contribution is 2.10. The molecule has 0 bridgehead atoms. The molecule has 0 N–H and O–H groups in total. The Bertz CT molecular complexity index is 538. The van der Waals surface area contributed by atoms with E-state index < -0.39 is 5.97 Å². The van der Waals surface area contributed by atoms with Crippen LogP contribution in [0.1, 0.15) is 18.1 Å². The van der Waals surface area contributed by atoms with E-state index in [-0.39, 0.29) is 11.8 Å². The van der Waals surface area contributed by atoms with E-state index in [0.29, 0.717) is 6.42 Å². The van der Waals surface area contributed by atoms with Gasteiger partial charge in [-0.1, -0.05) is 12.1 Å². The molecule has 18 heavy (non-hydrogen) atoms. The fourth-order valence-electron chi connectivity index (χ4n) is 1.45. The predicted molar refractivity (Wildman–Crippen MR) is 62.5 cm³/mol. The fraction of sp³-hybridized carbons (Fsp3) is 0.154. The summed E-state index contributed by atoms with van der Waals surface area (Å²) < 4.78 is 17.5. The van der Waals surface area contributed by atoms with E-state index in [9.17, 15) is 9.18 Å². The monoisotopic (exact) mass is 246 g/mol. The number of carbonyl (C=O) groups is 1. The number of carbonyl (C=O) groups excluding carboxylic acids is 1. The lowest BCUT2D eigenvalue weighted by Gasteiger charge is -2.02. The first-order chi connectivity index (χ1) is 8.63. The molecule has 0 aliphatic carbocycles. The standard InChI is InChI=1S/C13H11FN2O2/c1-9(17)18-13-15-7-11(8-16-13)6-10-2-4-12(14)5-3-10/h2-5,7-8H,6H2,1H3. The van der Waals surface area contributed by atoms with Gasteiger partial charge in [-0.2, -0.15) is 0 Å². The van der Waals surface area contributed by atoms with E-state index in [0.717, 1.165) is 11.1 Å². The van der Waals surface area contributed by atoms with E-state index in [1.807, 2.05) is 0 Å². The van der Waals surface area contributed by atoms with Gasteiger partial charge in [-0.3, -0.25) is 4.79 Å². The van der Waals surface area contributed by atoms with Crippen molar-refractivity contribution in [2.24, 2.45) is 0 Å². The van der Waals surface area contributed by atoms with Gasteiger partial charge in [0.1, 0.15) is 5.82 Å². The lowest BCUT2D eigenvalue weighted by Crippen LogP contribution is -2.05. The van der Waals surface area contributed by atoms with Crippen molar-refractivity contribution in [2.45, 2.75) is 13.3 Å². The number of nitrogens with zero attached hydrogens (tertiary/aromatic N) is 2. The van der Waals surface area contributed by atoms with Gasteiger partial charge in [-0.05, 0) is 23.3 Å². The van der Waals surface area contributed by atoms with Gasteiger partial charge < -0.3 is 4.74 Å². The molecule has 0 aliphatic heterocycles. The van der Waals surface area contributed by atoms with Crippen LogP contribution in [0.2, 0.25) is 0 Å². The fourth-order valence-corrected chi connectivity index (χ4v) is 1.45. The zero-order chi connectivity index (χ0) is 13.0. The molecule has 4 nitrogen and oxygen atoms in total. The number of aromatic nitrogens is 2. The van der Waals surface area contributed by atoms with Crippen molar-refractivity contribution in [1.82, 2.24) is 9.97 Å². The Morgan fingerprint density at radius 1 is 1.17 bits per heavy atom. The Morgan fingerprint density at radius 2 is 1.78 bits per heavy atom. The summed E-state index contributed by atoms with van der Waals surface area (Å²) in [4.78, 5) is 18.5. The van der Waals surface area contributed by atoms with Crippen molar-refractivity contribution in [3.63, 3.8) is 0 Å². The number of esters is 1. The molecule has 92 valence electrons. The Balaban J connectivity index is 2.06. The second-order valence-corrected chi connectivity index (χ2v) is 3.77. The predicted octanol–water partition coefficient (Wildman–Crippen LogP) is 2.13. The zero-order valence-corrected chi connectivity index (χ0v) is 9.76. The summed E-state index contributed by atoms with van der Waals surface area (Å²) >= 11 is 0. The maximum absolute atomic E-state index is 12.7. The maximum Gasteiger partial charge on any atom is 0.324 e. The van der Waals surface area contributed by atoms with Gasteiger partial charge in [0.15, 0.2) is 0 Å². The van der Waals surface area contributed by atoms with Crippen molar-refractivity contribution < 1.29 is 13.9 Å². The molecule has 0 saturated carbocycles. The number of halogens is 1. The minimum Gasteiger partial charge on any atom is -0.391 e. The summed E-state index contributed by atoms with van der Waals surface area (Å²) in [5.41, 5.74) is 1.82. The molecule has 1 aromatic heterocycles. The highest BCUT2D eigenvalue weighted by molar-refractivity contribution is 5.68. The second-order valence-electron chi connectivity index (χ2n) is 3.77. The summed E-state index contributed by atoms with van der Waals surface area (Å²) in [6, 6.07) is 6.25. The molecule has 0 aliphatic rings. The summed E-state index contributed by atoms with van der Waals surface area (Å²) in [6.45, 7) is 1.29. The third-order valence-corrected chi connectivity index (χ3v) is 2.24. The van der Waals surface area contributed by atoms with Crippen LogP contribution in [0.25, 0.3) is 0 Å². The Hall–Kier alpha value is -2.30. The molecule has 2 aromatic rings. The molecule has 0 amide bonds. The van der Waals surface area contributed by atoms with Crippen LogP contribution < -0.4 is 4.74 Å². The third kappa shape index (κ3) is 3.35. The first kappa shape index (κ1) is 12.2. The molecule has 1 heterocycles. The van der Waals surface area contributed by atoms with Crippen molar-refractivity contribution in [3.05, 3.63) is 53.6 Å². The molecule has 0 atom stereocenters.